The molecular formula is C7H7NO2. The molecule has 0 atom stereocenters. The largest absolute Gasteiger partial charge is 0.425 e. The molecule has 3 nitrogen and oxygen atoms in total. The number of fused-ring (bicyclic) bond motifs is 1. The zero-order valence-electron chi connectivity index (χ0n) is 5.46. The Morgan fingerprint density at radius 2 is 2.50 bits per heavy atom. The van der Waals surface area contributed by atoms with Crippen LogP contribution in [-0.4, -0.2) is 18.2 Å². The minimum absolute atomic E-state index is 0.174. The fourth-order valence-corrected chi connectivity index (χ4v) is 1.13. The van der Waals surface area contributed by atoms with Crippen molar-refractivity contribution in [3.63, 3.8) is 0 Å². The van der Waals surface area contributed by atoms with E-state index in [4.69, 9.17) is 4.74 Å². The standard InChI is InChI=1S/C7H7NO2/c9-7-4-5-6(10-7)2-1-3-8-5/h2H,1,3-4H2. The molecule has 2 heterocycles. The molecule has 1 saturated heterocycles. The maximum atomic E-state index is 10.7. The molecule has 0 spiro atoms. The smallest absolute Gasteiger partial charge is 0.317 e. The number of allylic oxidation sites excluding steroid dienone is 1. The molecule has 2 rings (SSSR count). The van der Waals surface area contributed by atoms with E-state index in [1.165, 1.54) is 0 Å². The molecule has 0 aromatic heterocycles. The Hall–Kier alpha value is -1.12. The molecule has 2 aliphatic rings. The second kappa shape index (κ2) is 1.94. The van der Waals surface area contributed by atoms with E-state index >= 15 is 0 Å². The van der Waals surface area contributed by atoms with Gasteiger partial charge >= 0.3 is 5.97 Å². The number of rotatable bonds is 0. The van der Waals surface area contributed by atoms with Gasteiger partial charge in [0.25, 0.3) is 0 Å². The summed E-state index contributed by atoms with van der Waals surface area (Å²) in [7, 11) is 0. The molecule has 10 heavy (non-hydrogen) atoms. The number of carbonyl (C=O) groups is 1. The highest BCUT2D eigenvalue weighted by Gasteiger charge is 2.25. The Balaban J connectivity index is 2.33. The third kappa shape index (κ3) is 0.744. The Morgan fingerprint density at radius 3 is 3.30 bits per heavy atom. The fourth-order valence-electron chi connectivity index (χ4n) is 1.13. The van der Waals surface area contributed by atoms with Gasteiger partial charge in [0.1, 0.15) is 5.76 Å². The topological polar surface area (TPSA) is 38.7 Å². The van der Waals surface area contributed by atoms with Crippen molar-refractivity contribution in [2.24, 2.45) is 4.99 Å². The summed E-state index contributed by atoms with van der Waals surface area (Å²) in [5, 5.41) is 0. The highest BCUT2D eigenvalue weighted by atomic mass is 16.5. The summed E-state index contributed by atoms with van der Waals surface area (Å²) in [6.45, 7) is 0.801. The summed E-state index contributed by atoms with van der Waals surface area (Å²) in [5.41, 5.74) is 0.830. The number of carbonyl (C=O) groups excluding carboxylic acids is 1. The molecule has 0 unspecified atom stereocenters. The zero-order chi connectivity index (χ0) is 6.97. The number of hydrogen-bond acceptors (Lipinski definition) is 3. The average molecular weight is 137 g/mol. The van der Waals surface area contributed by atoms with Crippen LogP contribution in [0.15, 0.2) is 16.8 Å². The van der Waals surface area contributed by atoms with Crippen LogP contribution < -0.4 is 0 Å². The number of hydrogen-bond donors (Lipinski definition) is 0. The molecule has 2 aliphatic heterocycles. The number of aliphatic imine (C=N–C) groups is 1. The van der Waals surface area contributed by atoms with Crippen LogP contribution in [-0.2, 0) is 9.53 Å². The van der Waals surface area contributed by atoms with E-state index in [1.54, 1.807) is 0 Å². The monoisotopic (exact) mass is 137 g/mol. The van der Waals surface area contributed by atoms with E-state index in [0.717, 1.165) is 18.7 Å². The molecule has 1 fully saturated rings. The first kappa shape index (κ1) is 5.65. The van der Waals surface area contributed by atoms with Gasteiger partial charge in [-0.2, -0.15) is 0 Å². The summed E-state index contributed by atoms with van der Waals surface area (Å²) in [5.74, 6) is 0.517. The third-order valence-corrected chi connectivity index (χ3v) is 1.58. The summed E-state index contributed by atoms with van der Waals surface area (Å²) in [4.78, 5) is 14.8. The first-order valence-electron chi connectivity index (χ1n) is 3.31. The lowest BCUT2D eigenvalue weighted by Crippen LogP contribution is -2.01. The second-order valence-electron chi connectivity index (χ2n) is 2.34. The van der Waals surface area contributed by atoms with Gasteiger partial charge in [0.05, 0.1) is 12.1 Å². The van der Waals surface area contributed by atoms with Crippen molar-refractivity contribution in [2.75, 3.05) is 6.54 Å². The first-order chi connectivity index (χ1) is 4.86. The van der Waals surface area contributed by atoms with Gasteiger partial charge in [0.15, 0.2) is 0 Å². The Morgan fingerprint density at radius 1 is 1.60 bits per heavy atom. The van der Waals surface area contributed by atoms with Crippen LogP contribution >= 0.6 is 0 Å². The summed E-state index contributed by atoms with van der Waals surface area (Å²) in [6.07, 6.45) is 3.19. The van der Waals surface area contributed by atoms with Crippen molar-refractivity contribution in [1.29, 1.82) is 0 Å². The molecular weight excluding hydrogens is 130 g/mol. The summed E-state index contributed by atoms with van der Waals surface area (Å²) >= 11 is 0. The highest BCUT2D eigenvalue weighted by Crippen LogP contribution is 2.19. The van der Waals surface area contributed by atoms with Gasteiger partial charge in [-0.05, 0) is 12.5 Å². The van der Waals surface area contributed by atoms with E-state index in [0.29, 0.717) is 12.2 Å². The predicted octanol–water partition coefficient (Wildman–Crippen LogP) is 0.662. The van der Waals surface area contributed by atoms with Crippen LogP contribution in [0.3, 0.4) is 0 Å². The van der Waals surface area contributed by atoms with Gasteiger partial charge in [-0.25, -0.2) is 0 Å². The number of ether oxygens (including phenoxy) is 1. The molecule has 0 saturated carbocycles. The Bertz CT molecular complexity index is 216. The summed E-state index contributed by atoms with van der Waals surface area (Å²) < 4.78 is 4.86. The zero-order valence-corrected chi connectivity index (χ0v) is 5.46. The van der Waals surface area contributed by atoms with Gasteiger partial charge in [-0.3, -0.25) is 9.79 Å². The van der Waals surface area contributed by atoms with Gasteiger partial charge in [0, 0.05) is 6.54 Å². The Labute approximate surface area is 58.4 Å². The van der Waals surface area contributed by atoms with E-state index in [-0.39, 0.29) is 5.97 Å². The van der Waals surface area contributed by atoms with Crippen LogP contribution in [0.25, 0.3) is 0 Å². The van der Waals surface area contributed by atoms with Gasteiger partial charge in [-0.15, -0.1) is 0 Å². The fraction of sp³-hybridized carbons (Fsp3) is 0.429. The summed E-state index contributed by atoms with van der Waals surface area (Å²) in [6, 6.07) is 0. The van der Waals surface area contributed by atoms with Crippen molar-refractivity contribution in [2.45, 2.75) is 12.8 Å². The van der Waals surface area contributed by atoms with E-state index in [9.17, 15) is 4.79 Å². The van der Waals surface area contributed by atoms with Crippen molar-refractivity contribution in [3.05, 3.63) is 11.8 Å². The first-order valence-corrected chi connectivity index (χ1v) is 3.31. The van der Waals surface area contributed by atoms with Crippen LogP contribution in [0.4, 0.5) is 0 Å². The molecule has 0 radical (unpaired) electrons. The maximum Gasteiger partial charge on any atom is 0.317 e. The van der Waals surface area contributed by atoms with E-state index in [1.807, 2.05) is 6.08 Å². The van der Waals surface area contributed by atoms with Crippen LogP contribution in [0.5, 0.6) is 0 Å². The number of dihydropyridines is 1. The van der Waals surface area contributed by atoms with E-state index in [2.05, 4.69) is 4.99 Å². The number of esters is 1. The Kier molecular flexibility index (Phi) is 1.09. The van der Waals surface area contributed by atoms with Crippen molar-refractivity contribution >= 4 is 11.7 Å². The van der Waals surface area contributed by atoms with E-state index < -0.39 is 0 Å². The van der Waals surface area contributed by atoms with Crippen molar-refractivity contribution < 1.29 is 9.53 Å². The molecule has 0 bridgehead atoms. The third-order valence-electron chi connectivity index (χ3n) is 1.58. The lowest BCUT2D eigenvalue weighted by Gasteiger charge is -2.02. The van der Waals surface area contributed by atoms with Crippen LogP contribution in [0.2, 0.25) is 0 Å². The van der Waals surface area contributed by atoms with Crippen molar-refractivity contribution in [1.82, 2.24) is 0 Å². The molecule has 0 aromatic carbocycles. The van der Waals surface area contributed by atoms with Crippen LogP contribution in [0, 0.1) is 0 Å². The molecule has 3 heteroatoms. The SMILES string of the molecule is O=C1CC2=NCCC=C2O1. The normalized spacial score (nSPS) is 23.0. The molecule has 52 valence electrons. The molecule has 0 aliphatic carbocycles. The second-order valence-corrected chi connectivity index (χ2v) is 2.34. The molecule has 0 amide bonds. The molecule has 0 N–H and O–H groups in total. The highest BCUT2D eigenvalue weighted by molar-refractivity contribution is 6.13. The van der Waals surface area contributed by atoms with Gasteiger partial charge in [-0.1, -0.05) is 0 Å². The molecule has 0 aromatic rings. The van der Waals surface area contributed by atoms with Gasteiger partial charge in [0.2, 0.25) is 0 Å². The number of nitrogens with zero attached hydrogens (tertiary/aromatic N) is 1. The average Bonchev–Trinajstić information content (AvgIpc) is 2.27. The minimum Gasteiger partial charge on any atom is -0.425 e. The quantitative estimate of drug-likeness (QED) is 0.460. The van der Waals surface area contributed by atoms with Gasteiger partial charge < -0.3 is 4.74 Å². The van der Waals surface area contributed by atoms with Crippen molar-refractivity contribution in [3.8, 4) is 0 Å². The van der Waals surface area contributed by atoms with Crippen LogP contribution in [0.1, 0.15) is 12.8 Å². The lowest BCUT2D eigenvalue weighted by molar-refractivity contribution is -0.135. The predicted molar refractivity (Wildman–Crippen MR) is 35.7 cm³/mol. The minimum atomic E-state index is -0.174. The lowest BCUT2D eigenvalue weighted by atomic mass is 10.2. The maximum absolute atomic E-state index is 10.7.